The second-order valence-corrected chi connectivity index (χ2v) is 7.21. The zero-order chi connectivity index (χ0) is 20.5. The number of anilines is 2. The average molecular weight is 393 g/mol. The van der Waals surface area contributed by atoms with Crippen LogP contribution in [0.1, 0.15) is 41.3 Å². The lowest BCUT2D eigenvalue weighted by molar-refractivity contribution is -0.117. The SMILES string of the molecule is CCn1ccc2c(c1=O)C(Nc1cc(NC(=O)C3CC3)ncc1C(=O)NC)=CC2. The van der Waals surface area contributed by atoms with Gasteiger partial charge in [-0.05, 0) is 37.8 Å². The third-order valence-electron chi connectivity index (χ3n) is 5.23. The number of nitrogens with zero attached hydrogens (tertiary/aromatic N) is 2. The van der Waals surface area contributed by atoms with E-state index in [1.165, 1.54) is 6.20 Å². The molecule has 8 nitrogen and oxygen atoms in total. The van der Waals surface area contributed by atoms with Gasteiger partial charge in [-0.25, -0.2) is 4.98 Å². The fourth-order valence-corrected chi connectivity index (χ4v) is 3.41. The van der Waals surface area contributed by atoms with E-state index >= 15 is 0 Å². The van der Waals surface area contributed by atoms with Crippen molar-refractivity contribution >= 4 is 29.0 Å². The smallest absolute Gasteiger partial charge is 0.260 e. The molecule has 8 heteroatoms. The van der Waals surface area contributed by atoms with Gasteiger partial charge in [-0.3, -0.25) is 14.4 Å². The first-order valence-electron chi connectivity index (χ1n) is 9.74. The molecular formula is C21H23N5O3. The average Bonchev–Trinajstić information content (AvgIpc) is 3.50. The molecule has 2 aromatic rings. The quantitative estimate of drug-likeness (QED) is 0.696. The first-order chi connectivity index (χ1) is 14.0. The summed E-state index contributed by atoms with van der Waals surface area (Å²) in [4.78, 5) is 41.4. The van der Waals surface area contributed by atoms with Crippen molar-refractivity contribution in [1.82, 2.24) is 14.9 Å². The number of aromatic nitrogens is 2. The Balaban J connectivity index is 1.68. The molecule has 0 bridgehead atoms. The van der Waals surface area contributed by atoms with Crippen LogP contribution in [-0.2, 0) is 17.8 Å². The minimum Gasteiger partial charge on any atom is -0.355 e. The molecule has 0 spiro atoms. The molecule has 4 rings (SSSR count). The van der Waals surface area contributed by atoms with Crippen LogP contribution < -0.4 is 21.5 Å². The Kier molecular flexibility index (Phi) is 4.92. The highest BCUT2D eigenvalue weighted by Crippen LogP contribution is 2.31. The highest BCUT2D eigenvalue weighted by atomic mass is 16.2. The second kappa shape index (κ2) is 7.54. The van der Waals surface area contributed by atoms with E-state index < -0.39 is 0 Å². The highest BCUT2D eigenvalue weighted by molar-refractivity contribution is 6.02. The van der Waals surface area contributed by atoms with Gasteiger partial charge in [0, 0.05) is 43.7 Å². The van der Waals surface area contributed by atoms with E-state index in [-0.39, 0.29) is 23.3 Å². The third-order valence-corrected chi connectivity index (χ3v) is 5.23. The lowest BCUT2D eigenvalue weighted by Gasteiger charge is -2.15. The Labute approximate surface area is 168 Å². The van der Waals surface area contributed by atoms with Crippen molar-refractivity contribution in [3.8, 4) is 0 Å². The highest BCUT2D eigenvalue weighted by Gasteiger charge is 2.30. The fraction of sp³-hybridized carbons (Fsp3) is 0.333. The molecule has 0 unspecified atom stereocenters. The number of carbonyl (C=O) groups excluding carboxylic acids is 2. The molecule has 0 saturated heterocycles. The standard InChI is InChI=1S/C21H23N5O3/c1-3-26-9-8-12-6-7-15(18(12)21(26)29)24-16-10-17(25-19(27)13-4-5-13)23-11-14(16)20(28)22-2/h7-11,13H,3-6H2,1-2H3,(H,22,28)(H2,23,24,25,27). The van der Waals surface area contributed by atoms with Crippen LogP contribution in [0.25, 0.3) is 5.70 Å². The summed E-state index contributed by atoms with van der Waals surface area (Å²) < 4.78 is 1.65. The molecule has 2 heterocycles. The summed E-state index contributed by atoms with van der Waals surface area (Å²) in [7, 11) is 1.54. The van der Waals surface area contributed by atoms with Crippen molar-refractivity contribution in [3.63, 3.8) is 0 Å². The van der Waals surface area contributed by atoms with Gasteiger partial charge in [-0.15, -0.1) is 0 Å². The lowest BCUT2D eigenvalue weighted by atomic mass is 10.1. The maximum atomic E-state index is 12.8. The van der Waals surface area contributed by atoms with Gasteiger partial charge in [0.15, 0.2) is 0 Å². The maximum Gasteiger partial charge on any atom is 0.260 e. The largest absolute Gasteiger partial charge is 0.355 e. The van der Waals surface area contributed by atoms with Crippen LogP contribution in [0.15, 0.2) is 35.4 Å². The lowest BCUT2D eigenvalue weighted by Crippen LogP contribution is -2.24. The van der Waals surface area contributed by atoms with Gasteiger partial charge in [-0.2, -0.15) is 0 Å². The van der Waals surface area contributed by atoms with Gasteiger partial charge >= 0.3 is 0 Å². The van der Waals surface area contributed by atoms with Crippen LogP contribution >= 0.6 is 0 Å². The molecular weight excluding hydrogens is 370 g/mol. The van der Waals surface area contributed by atoms with E-state index in [9.17, 15) is 14.4 Å². The van der Waals surface area contributed by atoms with Gasteiger partial charge in [0.2, 0.25) is 5.91 Å². The summed E-state index contributed by atoms with van der Waals surface area (Å²) in [5.41, 5.74) is 2.95. The van der Waals surface area contributed by atoms with Crippen LogP contribution in [0.4, 0.5) is 11.5 Å². The molecule has 2 aliphatic carbocycles. The topological polar surface area (TPSA) is 105 Å². The third kappa shape index (κ3) is 3.65. The predicted octanol–water partition coefficient (Wildman–Crippen LogP) is 1.98. The molecule has 150 valence electrons. The zero-order valence-corrected chi connectivity index (χ0v) is 16.4. The minimum absolute atomic E-state index is 0.0451. The van der Waals surface area contributed by atoms with E-state index in [0.717, 1.165) is 18.4 Å². The van der Waals surface area contributed by atoms with Gasteiger partial charge in [0.25, 0.3) is 11.5 Å². The van der Waals surface area contributed by atoms with Crippen molar-refractivity contribution in [2.75, 3.05) is 17.7 Å². The Hall–Kier alpha value is -3.42. The van der Waals surface area contributed by atoms with Crippen molar-refractivity contribution in [2.45, 2.75) is 32.7 Å². The Morgan fingerprint density at radius 2 is 2.10 bits per heavy atom. The molecule has 2 aromatic heterocycles. The van der Waals surface area contributed by atoms with E-state index in [4.69, 9.17) is 0 Å². The number of allylic oxidation sites excluding steroid dienone is 1. The van der Waals surface area contributed by atoms with Gasteiger partial charge in [0.05, 0.1) is 16.8 Å². The summed E-state index contributed by atoms with van der Waals surface area (Å²) in [5.74, 6) is 0.0454. The Morgan fingerprint density at radius 1 is 1.31 bits per heavy atom. The number of hydrogen-bond donors (Lipinski definition) is 3. The van der Waals surface area contributed by atoms with E-state index in [1.54, 1.807) is 23.9 Å². The van der Waals surface area contributed by atoms with Gasteiger partial charge in [-0.1, -0.05) is 6.08 Å². The molecule has 3 N–H and O–H groups in total. The van der Waals surface area contributed by atoms with Crippen molar-refractivity contribution in [3.05, 3.63) is 57.6 Å². The molecule has 2 aliphatic rings. The Morgan fingerprint density at radius 3 is 2.79 bits per heavy atom. The second-order valence-electron chi connectivity index (χ2n) is 7.21. The predicted molar refractivity (Wildman–Crippen MR) is 111 cm³/mol. The zero-order valence-electron chi connectivity index (χ0n) is 16.4. The number of amides is 2. The maximum absolute atomic E-state index is 12.8. The van der Waals surface area contributed by atoms with Crippen molar-refractivity contribution in [1.29, 1.82) is 0 Å². The molecule has 1 fully saturated rings. The number of carbonyl (C=O) groups is 2. The number of pyridine rings is 2. The van der Waals surface area contributed by atoms with Crippen molar-refractivity contribution in [2.24, 2.45) is 5.92 Å². The molecule has 0 aliphatic heterocycles. The normalized spacial score (nSPS) is 14.8. The summed E-state index contributed by atoms with van der Waals surface area (Å²) in [6.45, 7) is 2.50. The van der Waals surface area contributed by atoms with Crippen LogP contribution in [0.2, 0.25) is 0 Å². The first kappa shape index (κ1) is 18.9. The van der Waals surface area contributed by atoms with Crippen LogP contribution in [0, 0.1) is 5.92 Å². The Bertz CT molecular complexity index is 1080. The van der Waals surface area contributed by atoms with Crippen LogP contribution in [-0.4, -0.2) is 28.4 Å². The molecule has 0 radical (unpaired) electrons. The minimum atomic E-state index is -0.307. The molecule has 1 saturated carbocycles. The summed E-state index contributed by atoms with van der Waals surface area (Å²) in [6.07, 6.45) is 7.58. The van der Waals surface area contributed by atoms with E-state index in [0.29, 0.717) is 41.3 Å². The van der Waals surface area contributed by atoms with E-state index in [2.05, 4.69) is 20.9 Å². The monoisotopic (exact) mass is 393 g/mol. The fourth-order valence-electron chi connectivity index (χ4n) is 3.41. The molecule has 0 atom stereocenters. The number of hydrogen-bond acceptors (Lipinski definition) is 5. The van der Waals surface area contributed by atoms with Crippen LogP contribution in [0.5, 0.6) is 0 Å². The number of nitrogens with one attached hydrogen (secondary N) is 3. The van der Waals surface area contributed by atoms with Gasteiger partial charge < -0.3 is 20.5 Å². The van der Waals surface area contributed by atoms with Gasteiger partial charge in [0.1, 0.15) is 5.82 Å². The molecule has 2 amide bonds. The molecule has 0 aromatic carbocycles. The number of rotatable bonds is 6. The number of fused-ring (bicyclic) bond motifs is 1. The summed E-state index contributed by atoms with van der Waals surface area (Å²) >= 11 is 0. The summed E-state index contributed by atoms with van der Waals surface area (Å²) in [5, 5.41) is 8.61. The van der Waals surface area contributed by atoms with Crippen molar-refractivity contribution < 1.29 is 9.59 Å². The molecule has 29 heavy (non-hydrogen) atoms. The van der Waals surface area contributed by atoms with Crippen LogP contribution in [0.3, 0.4) is 0 Å². The summed E-state index contributed by atoms with van der Waals surface area (Å²) in [6, 6.07) is 3.57. The first-order valence-corrected chi connectivity index (χ1v) is 9.74. The number of aryl methyl sites for hydroxylation is 1. The van der Waals surface area contributed by atoms with E-state index in [1.807, 2.05) is 19.1 Å².